The molecule has 48 heavy (non-hydrogen) atoms. The van der Waals surface area contributed by atoms with Gasteiger partial charge >= 0.3 is 0 Å². The number of phosphoric ester groups is 1. The minimum atomic E-state index is -4.56. The second kappa shape index (κ2) is 31.9. The van der Waals surface area contributed by atoms with Crippen LogP contribution < -0.4 is 10.2 Å². The molecular formula is C39H77N2O6P. The van der Waals surface area contributed by atoms with Gasteiger partial charge in [-0.1, -0.05) is 154 Å². The lowest BCUT2D eigenvalue weighted by atomic mass is 10.0. The minimum Gasteiger partial charge on any atom is -0.756 e. The average Bonchev–Trinajstić information content (AvgIpc) is 3.03. The van der Waals surface area contributed by atoms with Crippen molar-refractivity contribution in [3.63, 3.8) is 0 Å². The van der Waals surface area contributed by atoms with E-state index >= 15 is 0 Å². The van der Waals surface area contributed by atoms with Crippen LogP contribution in [0.4, 0.5) is 0 Å². The van der Waals surface area contributed by atoms with Crippen molar-refractivity contribution in [2.24, 2.45) is 0 Å². The first-order valence-electron chi connectivity index (χ1n) is 19.7. The molecule has 2 N–H and O–H groups in total. The summed E-state index contributed by atoms with van der Waals surface area (Å²) >= 11 is 0. The van der Waals surface area contributed by atoms with Crippen molar-refractivity contribution < 1.29 is 32.9 Å². The van der Waals surface area contributed by atoms with E-state index in [0.717, 1.165) is 25.7 Å². The third-order valence-electron chi connectivity index (χ3n) is 8.66. The second-order valence-electron chi connectivity index (χ2n) is 14.6. The molecule has 0 aliphatic rings. The van der Waals surface area contributed by atoms with E-state index in [2.05, 4.69) is 24.4 Å². The molecule has 0 aromatic carbocycles. The maximum atomic E-state index is 12.3. The van der Waals surface area contributed by atoms with Crippen LogP contribution in [-0.2, 0) is 18.4 Å². The molecular weight excluding hydrogens is 623 g/mol. The third-order valence-corrected chi connectivity index (χ3v) is 9.63. The Morgan fingerprint density at radius 1 is 0.708 bits per heavy atom. The minimum absolute atomic E-state index is 0.00663. The van der Waals surface area contributed by atoms with Crippen molar-refractivity contribution in [1.82, 2.24) is 5.32 Å². The number of carbonyl (C=O) groups is 1. The Labute approximate surface area is 296 Å². The van der Waals surface area contributed by atoms with Crippen LogP contribution in [0.5, 0.6) is 0 Å². The summed E-state index contributed by atoms with van der Waals surface area (Å²) in [6, 6.07) is -0.894. The molecule has 0 aliphatic heterocycles. The standard InChI is InChI=1S/C39H77N2O6P/c1-6-8-10-11-12-13-14-15-16-17-18-19-20-21-22-23-24-25-26-27-28-29-30-31-32-38(42)37(40-39(43)33-9-7-2)36-47-48(44,45)46-35-34-41(3,4)5/h27-28,31-32,37-38,42H,6-26,29-30,33-36H2,1-5H3,(H-,40,43,44,45)/b28-27+,32-31+. The highest BCUT2D eigenvalue weighted by Crippen LogP contribution is 2.38. The van der Waals surface area contributed by atoms with Gasteiger partial charge in [-0.2, -0.15) is 0 Å². The molecule has 0 aromatic rings. The Bertz CT molecular complexity index is 845. The molecule has 284 valence electrons. The number of unbranched alkanes of at least 4 members (excludes halogenated alkanes) is 20. The fraction of sp³-hybridized carbons (Fsp3) is 0.872. The van der Waals surface area contributed by atoms with E-state index in [9.17, 15) is 19.4 Å². The molecule has 0 aromatic heterocycles. The predicted octanol–water partition coefficient (Wildman–Crippen LogP) is 9.55. The van der Waals surface area contributed by atoms with Gasteiger partial charge in [0, 0.05) is 6.42 Å². The lowest BCUT2D eigenvalue weighted by molar-refractivity contribution is -0.870. The third kappa shape index (κ3) is 33.5. The van der Waals surface area contributed by atoms with E-state index in [1.54, 1.807) is 6.08 Å². The highest BCUT2D eigenvalue weighted by molar-refractivity contribution is 7.45. The number of nitrogens with zero attached hydrogens (tertiary/aromatic N) is 1. The summed E-state index contributed by atoms with van der Waals surface area (Å²) in [4.78, 5) is 24.5. The lowest BCUT2D eigenvalue weighted by Gasteiger charge is -2.29. The summed E-state index contributed by atoms with van der Waals surface area (Å²) in [6.07, 6.45) is 36.4. The first-order chi connectivity index (χ1) is 23.0. The average molecular weight is 701 g/mol. The highest BCUT2D eigenvalue weighted by atomic mass is 31.2. The quantitative estimate of drug-likeness (QED) is 0.0295. The molecule has 0 aliphatic carbocycles. The number of nitrogens with one attached hydrogen (secondary N) is 1. The predicted molar refractivity (Wildman–Crippen MR) is 201 cm³/mol. The number of allylic oxidation sites excluding steroid dienone is 3. The lowest BCUT2D eigenvalue weighted by Crippen LogP contribution is -2.45. The molecule has 8 nitrogen and oxygen atoms in total. The summed E-state index contributed by atoms with van der Waals surface area (Å²) in [5.74, 6) is -0.243. The van der Waals surface area contributed by atoms with E-state index in [4.69, 9.17) is 9.05 Å². The van der Waals surface area contributed by atoms with Crippen molar-refractivity contribution >= 4 is 13.7 Å². The summed E-state index contributed by atoms with van der Waals surface area (Å²) < 4.78 is 22.8. The zero-order chi connectivity index (χ0) is 35.8. The molecule has 0 bridgehead atoms. The first-order valence-corrected chi connectivity index (χ1v) is 21.2. The number of phosphoric acid groups is 1. The zero-order valence-corrected chi connectivity index (χ0v) is 32.8. The maximum absolute atomic E-state index is 12.3. The molecule has 0 heterocycles. The molecule has 0 fully saturated rings. The van der Waals surface area contributed by atoms with Gasteiger partial charge in [-0.05, 0) is 32.1 Å². The van der Waals surface area contributed by atoms with Crippen LogP contribution in [-0.4, -0.2) is 68.5 Å². The Hall–Kier alpha value is -1.02. The molecule has 0 saturated heterocycles. The van der Waals surface area contributed by atoms with Crippen LogP contribution in [0.25, 0.3) is 0 Å². The van der Waals surface area contributed by atoms with Gasteiger partial charge in [0.15, 0.2) is 0 Å². The van der Waals surface area contributed by atoms with Crippen molar-refractivity contribution in [3.05, 3.63) is 24.3 Å². The number of hydrogen-bond acceptors (Lipinski definition) is 6. The topological polar surface area (TPSA) is 108 Å². The molecule has 3 unspecified atom stereocenters. The number of aliphatic hydroxyl groups is 1. The SMILES string of the molecule is CCCCCCCCCCCCCCCCCCCC/C=C/CC/C=C/C(O)C(COP(=O)([O-])OCC[N+](C)(C)C)NC(=O)CCCC. The van der Waals surface area contributed by atoms with Gasteiger partial charge in [-0.15, -0.1) is 0 Å². The number of hydrogen-bond donors (Lipinski definition) is 2. The van der Waals surface area contributed by atoms with Crippen LogP contribution in [0, 0.1) is 0 Å². The first kappa shape index (κ1) is 47.0. The van der Waals surface area contributed by atoms with Gasteiger partial charge in [0.1, 0.15) is 13.2 Å². The molecule has 0 saturated carbocycles. The molecule has 1 amide bonds. The molecule has 0 radical (unpaired) electrons. The van der Waals surface area contributed by atoms with Gasteiger partial charge in [-0.25, -0.2) is 0 Å². The largest absolute Gasteiger partial charge is 0.756 e. The maximum Gasteiger partial charge on any atom is 0.268 e. The van der Waals surface area contributed by atoms with E-state index < -0.39 is 26.6 Å². The van der Waals surface area contributed by atoms with Gasteiger partial charge in [-0.3, -0.25) is 9.36 Å². The van der Waals surface area contributed by atoms with Crippen molar-refractivity contribution in [2.45, 2.75) is 180 Å². The van der Waals surface area contributed by atoms with Crippen LogP contribution in [0.1, 0.15) is 168 Å². The number of aliphatic hydroxyl groups excluding tert-OH is 1. The Morgan fingerprint density at radius 2 is 1.17 bits per heavy atom. The van der Waals surface area contributed by atoms with Crippen LogP contribution in [0.3, 0.4) is 0 Å². The van der Waals surface area contributed by atoms with Crippen LogP contribution >= 0.6 is 7.82 Å². The molecule has 0 spiro atoms. The van der Waals surface area contributed by atoms with E-state index in [1.165, 1.54) is 116 Å². The summed E-state index contributed by atoms with van der Waals surface area (Å²) in [7, 11) is 1.24. The van der Waals surface area contributed by atoms with Crippen LogP contribution in [0.15, 0.2) is 24.3 Å². The van der Waals surface area contributed by atoms with Gasteiger partial charge < -0.3 is 28.8 Å². The van der Waals surface area contributed by atoms with Crippen LogP contribution in [0.2, 0.25) is 0 Å². The summed E-state index contributed by atoms with van der Waals surface area (Å²) in [5, 5.41) is 13.4. The van der Waals surface area contributed by atoms with Gasteiger partial charge in [0.25, 0.3) is 7.82 Å². The fourth-order valence-electron chi connectivity index (χ4n) is 5.44. The Balaban J connectivity index is 4.03. The normalized spacial score (nSPS) is 14.9. The molecule has 0 rings (SSSR count). The number of amides is 1. The van der Waals surface area contributed by atoms with E-state index in [-0.39, 0.29) is 12.5 Å². The number of carbonyl (C=O) groups excluding carboxylic acids is 1. The summed E-state index contributed by atoms with van der Waals surface area (Å²) in [6.45, 7) is 4.36. The smallest absolute Gasteiger partial charge is 0.268 e. The monoisotopic (exact) mass is 701 g/mol. The second-order valence-corrected chi connectivity index (χ2v) is 16.0. The molecule has 9 heteroatoms. The van der Waals surface area contributed by atoms with E-state index in [0.29, 0.717) is 23.9 Å². The number of likely N-dealkylation sites (N-methyl/N-ethyl adjacent to an activating group) is 1. The highest BCUT2D eigenvalue weighted by Gasteiger charge is 2.23. The molecule has 3 atom stereocenters. The Morgan fingerprint density at radius 3 is 1.67 bits per heavy atom. The van der Waals surface area contributed by atoms with Crippen molar-refractivity contribution in [1.29, 1.82) is 0 Å². The zero-order valence-electron chi connectivity index (χ0n) is 31.9. The van der Waals surface area contributed by atoms with Crippen molar-refractivity contribution in [2.75, 3.05) is 40.9 Å². The van der Waals surface area contributed by atoms with Crippen molar-refractivity contribution in [3.8, 4) is 0 Å². The number of rotatable bonds is 35. The van der Waals surface area contributed by atoms with Gasteiger partial charge in [0.05, 0.1) is 39.9 Å². The number of quaternary nitrogens is 1. The fourth-order valence-corrected chi connectivity index (χ4v) is 6.16. The van der Waals surface area contributed by atoms with Gasteiger partial charge in [0.2, 0.25) is 5.91 Å². The Kier molecular flexibility index (Phi) is 31.2. The van der Waals surface area contributed by atoms with E-state index in [1.807, 2.05) is 34.1 Å². The summed E-state index contributed by atoms with van der Waals surface area (Å²) in [5.41, 5.74) is 0.